The number of hydrogen-bond donors (Lipinski definition) is 0. The fourth-order valence-corrected chi connectivity index (χ4v) is 7.56. The van der Waals surface area contributed by atoms with Gasteiger partial charge in [0.05, 0.1) is 38.9 Å². The molecule has 1 saturated heterocycles. The van der Waals surface area contributed by atoms with Gasteiger partial charge in [0.25, 0.3) is 0 Å². The van der Waals surface area contributed by atoms with E-state index in [1.54, 1.807) is 14.2 Å². The van der Waals surface area contributed by atoms with E-state index in [-0.39, 0.29) is 17.9 Å². The second kappa shape index (κ2) is 9.88. The number of benzene rings is 3. The summed E-state index contributed by atoms with van der Waals surface area (Å²) in [7, 11) is 3.30. The van der Waals surface area contributed by atoms with E-state index < -0.39 is 11.5 Å². The van der Waals surface area contributed by atoms with E-state index in [2.05, 4.69) is 67.1 Å². The lowest BCUT2D eigenvalue weighted by atomic mass is 9.67. The first-order valence-corrected chi connectivity index (χ1v) is 14.4. The van der Waals surface area contributed by atoms with Gasteiger partial charge in [-0.2, -0.15) is 0 Å². The molecule has 3 heterocycles. The van der Waals surface area contributed by atoms with Crippen molar-refractivity contribution in [2.75, 3.05) is 34.0 Å². The number of hydrogen-bond acceptors (Lipinski definition) is 6. The van der Waals surface area contributed by atoms with Crippen LogP contribution in [0.1, 0.15) is 35.2 Å². The predicted molar refractivity (Wildman–Crippen MR) is 151 cm³/mol. The lowest BCUT2D eigenvalue weighted by Gasteiger charge is -2.48. The lowest BCUT2D eigenvalue weighted by molar-refractivity contribution is -0.152. The van der Waals surface area contributed by atoms with Gasteiger partial charge in [0.2, 0.25) is 0 Å². The normalized spacial score (nSPS) is 25.3. The molecule has 3 aliphatic rings. The summed E-state index contributed by atoms with van der Waals surface area (Å²) in [6, 6.07) is 18.6. The van der Waals surface area contributed by atoms with Crippen LogP contribution in [0.5, 0.6) is 17.2 Å². The van der Waals surface area contributed by atoms with Crippen molar-refractivity contribution in [2.24, 2.45) is 11.8 Å². The summed E-state index contributed by atoms with van der Waals surface area (Å²) in [5, 5.41) is 0. The van der Waals surface area contributed by atoms with Crippen LogP contribution in [-0.2, 0) is 21.5 Å². The maximum atomic E-state index is 14.1. The molecule has 38 heavy (non-hydrogen) atoms. The molecule has 0 unspecified atom stereocenters. The third kappa shape index (κ3) is 3.71. The van der Waals surface area contributed by atoms with Crippen LogP contribution in [0.2, 0.25) is 0 Å². The average Bonchev–Trinajstić information content (AvgIpc) is 3.24. The molecule has 0 saturated carbocycles. The van der Waals surface area contributed by atoms with E-state index in [1.165, 1.54) is 0 Å². The number of halogens is 2. The number of carbonyl (C=O) groups is 1. The van der Waals surface area contributed by atoms with Crippen molar-refractivity contribution in [2.45, 2.75) is 24.9 Å². The fourth-order valence-electron chi connectivity index (χ4n) is 6.92. The molecule has 198 valence electrons. The second-order valence-corrected chi connectivity index (χ2v) is 11.7. The number of fused-ring (bicyclic) bond motifs is 7. The summed E-state index contributed by atoms with van der Waals surface area (Å²) in [5.41, 5.74) is 3.53. The van der Waals surface area contributed by atoms with Crippen molar-refractivity contribution in [3.05, 3.63) is 85.8 Å². The van der Waals surface area contributed by atoms with Crippen LogP contribution in [-0.4, -0.2) is 44.8 Å². The Labute approximate surface area is 239 Å². The van der Waals surface area contributed by atoms with Gasteiger partial charge < -0.3 is 18.9 Å². The van der Waals surface area contributed by atoms with Crippen molar-refractivity contribution in [1.82, 2.24) is 4.90 Å². The first-order chi connectivity index (χ1) is 18.4. The molecule has 0 aliphatic carbocycles. The van der Waals surface area contributed by atoms with Crippen LogP contribution in [0.4, 0.5) is 0 Å². The van der Waals surface area contributed by atoms with Crippen molar-refractivity contribution in [1.29, 1.82) is 0 Å². The lowest BCUT2D eigenvalue weighted by Crippen LogP contribution is -2.53. The van der Waals surface area contributed by atoms with E-state index in [0.29, 0.717) is 24.7 Å². The predicted octanol–water partition coefficient (Wildman–Crippen LogP) is 6.27. The van der Waals surface area contributed by atoms with Gasteiger partial charge in [0.15, 0.2) is 11.5 Å². The van der Waals surface area contributed by atoms with Crippen molar-refractivity contribution >= 4 is 37.8 Å². The first-order valence-electron chi connectivity index (χ1n) is 12.8. The monoisotopic (exact) mass is 641 g/mol. The molecule has 3 aliphatic heterocycles. The molecule has 0 spiro atoms. The molecule has 0 radical (unpaired) electrons. The summed E-state index contributed by atoms with van der Waals surface area (Å²) >= 11 is 7.28. The van der Waals surface area contributed by atoms with Crippen molar-refractivity contribution in [3.63, 3.8) is 0 Å². The van der Waals surface area contributed by atoms with E-state index in [1.807, 2.05) is 31.2 Å². The maximum Gasteiger partial charge on any atom is 0.312 e. The standard InChI is InChI=1S/C30H29Br2NO5/c1-4-37-29(34)27-22-16-38-24-10-9-20(32)14-21(24)28(22)33-12-11-17-13-25(35-2)26(36-3)15-23(17)30(27,33)18-5-7-19(31)8-6-18/h5-10,13-15,22,27-28H,4,11-12,16H2,1-3H3/t22-,27+,28+,30-/m1/s1. The first kappa shape index (κ1) is 25.7. The second-order valence-electron chi connectivity index (χ2n) is 9.91. The highest BCUT2D eigenvalue weighted by Crippen LogP contribution is 2.63. The van der Waals surface area contributed by atoms with Crippen molar-refractivity contribution in [3.8, 4) is 17.2 Å². The molecule has 0 bridgehead atoms. The zero-order chi connectivity index (χ0) is 26.6. The minimum atomic E-state index is -0.789. The number of ether oxygens (including phenoxy) is 4. The van der Waals surface area contributed by atoms with Gasteiger partial charge in [-0.05, 0) is 72.5 Å². The Hall–Kier alpha value is -2.55. The molecule has 3 aromatic carbocycles. The molecule has 0 N–H and O–H groups in total. The number of carbonyl (C=O) groups excluding carboxylic acids is 1. The highest BCUT2D eigenvalue weighted by Gasteiger charge is 2.66. The topological polar surface area (TPSA) is 57.2 Å². The smallest absolute Gasteiger partial charge is 0.312 e. The molecular formula is C30H29Br2NO5. The average molecular weight is 643 g/mol. The zero-order valence-electron chi connectivity index (χ0n) is 21.5. The largest absolute Gasteiger partial charge is 0.493 e. The third-order valence-electron chi connectivity index (χ3n) is 8.26. The van der Waals surface area contributed by atoms with Crippen LogP contribution in [0.3, 0.4) is 0 Å². The maximum absolute atomic E-state index is 14.1. The molecule has 6 rings (SSSR count). The van der Waals surface area contributed by atoms with Gasteiger partial charge in [0.1, 0.15) is 5.75 Å². The van der Waals surface area contributed by atoms with Crippen LogP contribution >= 0.6 is 31.9 Å². The number of nitrogens with zero attached hydrogens (tertiary/aromatic N) is 1. The number of esters is 1. The summed E-state index contributed by atoms with van der Waals surface area (Å²) < 4.78 is 25.6. The summed E-state index contributed by atoms with van der Waals surface area (Å²) in [6.07, 6.45) is 0.816. The van der Waals surface area contributed by atoms with Crippen LogP contribution in [0, 0.1) is 11.8 Å². The molecule has 4 atom stereocenters. The minimum absolute atomic E-state index is 0.0319. The number of rotatable bonds is 5. The fraction of sp³-hybridized carbons (Fsp3) is 0.367. The Kier molecular flexibility index (Phi) is 6.69. The summed E-state index contributed by atoms with van der Waals surface area (Å²) in [6.45, 7) is 3.37. The summed E-state index contributed by atoms with van der Waals surface area (Å²) in [4.78, 5) is 16.6. The minimum Gasteiger partial charge on any atom is -0.493 e. The van der Waals surface area contributed by atoms with Crippen LogP contribution in [0.15, 0.2) is 63.5 Å². The zero-order valence-corrected chi connectivity index (χ0v) is 24.7. The third-order valence-corrected chi connectivity index (χ3v) is 9.28. The van der Waals surface area contributed by atoms with Crippen LogP contribution in [0.25, 0.3) is 0 Å². The van der Waals surface area contributed by atoms with E-state index in [9.17, 15) is 4.79 Å². The van der Waals surface area contributed by atoms with Crippen LogP contribution < -0.4 is 14.2 Å². The Morgan fingerprint density at radius 2 is 1.74 bits per heavy atom. The molecule has 0 aromatic heterocycles. The Bertz CT molecular complexity index is 1390. The van der Waals surface area contributed by atoms with E-state index in [4.69, 9.17) is 18.9 Å². The Balaban J connectivity index is 1.69. The van der Waals surface area contributed by atoms with E-state index in [0.717, 1.165) is 49.9 Å². The highest BCUT2D eigenvalue weighted by atomic mass is 79.9. The molecule has 0 amide bonds. The van der Waals surface area contributed by atoms with Gasteiger partial charge >= 0.3 is 5.97 Å². The molecule has 6 nitrogen and oxygen atoms in total. The van der Waals surface area contributed by atoms with Gasteiger partial charge in [0, 0.05) is 33.0 Å². The van der Waals surface area contributed by atoms with Gasteiger partial charge in [-0.1, -0.05) is 44.0 Å². The molecule has 8 heteroatoms. The van der Waals surface area contributed by atoms with Crippen molar-refractivity contribution < 1.29 is 23.7 Å². The van der Waals surface area contributed by atoms with E-state index >= 15 is 0 Å². The Morgan fingerprint density at radius 1 is 1.03 bits per heavy atom. The SMILES string of the molecule is CCOC(=O)[C@@H]1[C@H]2COc3ccc(Br)cc3[C@@H]2N2CCc3cc(OC)c(OC)cc3[C@]12c1ccc(Br)cc1. The quantitative estimate of drug-likeness (QED) is 0.306. The Morgan fingerprint density at radius 3 is 2.45 bits per heavy atom. The number of methoxy groups -OCH3 is 2. The molecule has 1 fully saturated rings. The molecule has 3 aromatic rings. The van der Waals surface area contributed by atoms with Gasteiger partial charge in [-0.25, -0.2) is 0 Å². The summed E-state index contributed by atoms with van der Waals surface area (Å²) in [5.74, 6) is 1.36. The highest BCUT2D eigenvalue weighted by molar-refractivity contribution is 9.10. The van der Waals surface area contributed by atoms with Gasteiger partial charge in [-0.15, -0.1) is 0 Å². The molecular weight excluding hydrogens is 614 g/mol. The van der Waals surface area contributed by atoms with Gasteiger partial charge in [-0.3, -0.25) is 9.69 Å².